The van der Waals surface area contributed by atoms with Gasteiger partial charge in [0.25, 0.3) is 5.91 Å². The van der Waals surface area contributed by atoms with E-state index in [-0.39, 0.29) is 10.6 Å². The second-order valence-corrected chi connectivity index (χ2v) is 6.02. The molecule has 0 saturated heterocycles. The van der Waals surface area contributed by atoms with Crippen molar-refractivity contribution in [1.29, 1.82) is 0 Å². The van der Waals surface area contributed by atoms with E-state index in [2.05, 4.69) is 5.32 Å². The number of amides is 1. The van der Waals surface area contributed by atoms with Crippen LogP contribution in [0.1, 0.15) is 9.67 Å². The molecule has 0 radical (unpaired) electrons. The lowest BCUT2D eigenvalue weighted by atomic mass is 10.2. The molecule has 1 aromatic heterocycles. The molecule has 1 heterocycles. The van der Waals surface area contributed by atoms with Crippen LogP contribution in [0.4, 0.5) is 5.69 Å². The Morgan fingerprint density at radius 3 is 2.58 bits per heavy atom. The minimum Gasteiger partial charge on any atom is -0.497 e. The smallest absolute Gasteiger partial charge is 0.265 e. The monoisotopic (exact) mass is 341 g/mol. The van der Waals surface area contributed by atoms with Crippen LogP contribution in [0.2, 0.25) is 0 Å². The molecule has 0 aliphatic rings. The molecule has 3 aromatic rings. The van der Waals surface area contributed by atoms with Crippen LogP contribution in [-0.4, -0.2) is 20.1 Å². The van der Waals surface area contributed by atoms with E-state index in [1.807, 2.05) is 12.1 Å². The van der Waals surface area contributed by atoms with Gasteiger partial charge < -0.3 is 14.8 Å². The summed E-state index contributed by atoms with van der Waals surface area (Å²) in [5.74, 6) is 0.740. The number of carbonyl (C=O) groups is 1. The highest BCUT2D eigenvalue weighted by molar-refractivity contribution is 7.12. The lowest BCUT2D eigenvalue weighted by Crippen LogP contribution is -2.13. The van der Waals surface area contributed by atoms with Gasteiger partial charge in [0, 0.05) is 11.5 Å². The standard InChI is InChI=1S/C18H15NO4S/c1-22-12-7-8-15(23-2)14(10-12)19-17(20)16-9-11-5-3-4-6-13(11)18(21)24-16/h3-10H,1-2H3,(H,19,20). The minimum atomic E-state index is -0.366. The van der Waals surface area contributed by atoms with E-state index in [0.717, 1.165) is 16.7 Å². The van der Waals surface area contributed by atoms with Crippen molar-refractivity contribution >= 4 is 33.7 Å². The highest BCUT2D eigenvalue weighted by atomic mass is 32.1. The van der Waals surface area contributed by atoms with Gasteiger partial charge in [0.1, 0.15) is 11.5 Å². The lowest BCUT2D eigenvalue weighted by Gasteiger charge is -2.11. The predicted molar refractivity (Wildman–Crippen MR) is 95.6 cm³/mol. The molecular formula is C18H15NO4S. The second kappa shape index (κ2) is 6.72. The maximum absolute atomic E-state index is 12.5. The largest absolute Gasteiger partial charge is 0.497 e. The van der Waals surface area contributed by atoms with Crippen molar-refractivity contribution in [2.45, 2.75) is 0 Å². The first-order chi connectivity index (χ1) is 11.6. The number of benzene rings is 2. The average Bonchev–Trinajstić information content (AvgIpc) is 2.61. The van der Waals surface area contributed by atoms with Crippen LogP contribution >= 0.6 is 11.3 Å². The number of nitrogens with one attached hydrogen (secondary N) is 1. The van der Waals surface area contributed by atoms with Crippen molar-refractivity contribution in [3.8, 4) is 11.5 Å². The third-order valence-electron chi connectivity index (χ3n) is 3.55. The van der Waals surface area contributed by atoms with Crippen LogP contribution < -0.4 is 19.5 Å². The van der Waals surface area contributed by atoms with Crippen molar-refractivity contribution < 1.29 is 14.3 Å². The van der Waals surface area contributed by atoms with E-state index in [1.54, 1.807) is 43.5 Å². The van der Waals surface area contributed by atoms with Gasteiger partial charge in [0.15, 0.2) is 0 Å². The van der Waals surface area contributed by atoms with Gasteiger partial charge in [-0.15, -0.1) is 0 Å². The fourth-order valence-corrected chi connectivity index (χ4v) is 3.17. The molecule has 0 unspecified atom stereocenters. The normalized spacial score (nSPS) is 10.4. The van der Waals surface area contributed by atoms with Crippen molar-refractivity contribution in [1.82, 2.24) is 0 Å². The summed E-state index contributed by atoms with van der Waals surface area (Å²) in [7, 11) is 3.06. The third-order valence-corrected chi connectivity index (χ3v) is 4.48. The van der Waals surface area contributed by atoms with Crippen molar-refractivity contribution in [2.75, 3.05) is 19.5 Å². The molecule has 3 rings (SSSR count). The number of methoxy groups -OCH3 is 2. The number of hydrogen-bond acceptors (Lipinski definition) is 5. The second-order valence-electron chi connectivity index (χ2n) is 5.01. The SMILES string of the molecule is COc1ccc(OC)c(NC(=O)c2cc3ccccc3c(=O)s2)c1. The van der Waals surface area contributed by atoms with Gasteiger partial charge in [-0.25, -0.2) is 0 Å². The van der Waals surface area contributed by atoms with Crippen LogP contribution in [0.25, 0.3) is 10.8 Å². The molecular weight excluding hydrogens is 326 g/mol. The summed E-state index contributed by atoms with van der Waals surface area (Å²) >= 11 is 0.918. The number of rotatable bonds is 4. The van der Waals surface area contributed by atoms with Gasteiger partial charge in [-0.3, -0.25) is 9.59 Å². The third kappa shape index (κ3) is 3.09. The average molecular weight is 341 g/mol. The summed E-state index contributed by atoms with van der Waals surface area (Å²) < 4.78 is 10.3. The lowest BCUT2D eigenvalue weighted by molar-refractivity contribution is 0.103. The summed E-state index contributed by atoms with van der Waals surface area (Å²) in [6.07, 6.45) is 0. The Morgan fingerprint density at radius 2 is 1.83 bits per heavy atom. The summed E-state index contributed by atoms with van der Waals surface area (Å²) in [5.41, 5.74) is 0.481. The molecule has 1 amide bonds. The number of carbonyl (C=O) groups excluding carboxylic acids is 1. The molecule has 0 atom stereocenters. The Hall–Kier alpha value is -2.86. The Bertz CT molecular complexity index is 965. The van der Waals surface area contributed by atoms with Crippen LogP contribution in [0.15, 0.2) is 53.3 Å². The minimum absolute atomic E-state index is 0.143. The summed E-state index contributed by atoms with van der Waals surface area (Å²) in [6.45, 7) is 0. The van der Waals surface area contributed by atoms with Gasteiger partial charge >= 0.3 is 0 Å². The zero-order chi connectivity index (χ0) is 17.1. The molecule has 1 N–H and O–H groups in total. The molecule has 0 bridgehead atoms. The maximum Gasteiger partial charge on any atom is 0.265 e. The van der Waals surface area contributed by atoms with Crippen molar-refractivity contribution in [2.24, 2.45) is 0 Å². The van der Waals surface area contributed by atoms with Crippen LogP contribution in [0.3, 0.4) is 0 Å². The molecule has 6 heteroatoms. The number of fused-ring (bicyclic) bond motifs is 1. The van der Waals surface area contributed by atoms with Gasteiger partial charge in [0.05, 0.1) is 24.8 Å². The first kappa shape index (κ1) is 16.0. The predicted octanol–water partition coefficient (Wildman–Crippen LogP) is 3.53. The molecule has 24 heavy (non-hydrogen) atoms. The topological polar surface area (TPSA) is 64.6 Å². The number of anilines is 1. The number of ether oxygens (including phenoxy) is 2. The Morgan fingerprint density at radius 1 is 1.04 bits per heavy atom. The van der Waals surface area contributed by atoms with E-state index >= 15 is 0 Å². The Balaban J connectivity index is 1.97. The van der Waals surface area contributed by atoms with Crippen LogP contribution in [-0.2, 0) is 0 Å². The number of hydrogen-bond donors (Lipinski definition) is 1. The molecule has 0 fully saturated rings. The highest BCUT2D eigenvalue weighted by Crippen LogP contribution is 2.29. The molecule has 0 spiro atoms. The highest BCUT2D eigenvalue weighted by Gasteiger charge is 2.13. The first-order valence-corrected chi connectivity index (χ1v) is 8.00. The van der Waals surface area contributed by atoms with Gasteiger partial charge in [0.2, 0.25) is 4.74 Å². The molecule has 0 aliphatic carbocycles. The van der Waals surface area contributed by atoms with Crippen molar-refractivity contribution in [3.63, 3.8) is 0 Å². The molecule has 122 valence electrons. The fourth-order valence-electron chi connectivity index (χ4n) is 2.34. The Labute approximate surface area is 142 Å². The summed E-state index contributed by atoms with van der Waals surface area (Å²) in [6, 6.07) is 14.0. The zero-order valence-corrected chi connectivity index (χ0v) is 14.0. The summed E-state index contributed by atoms with van der Waals surface area (Å²) in [4.78, 5) is 25.1. The fraction of sp³-hybridized carbons (Fsp3) is 0.111. The Kier molecular flexibility index (Phi) is 4.48. The quantitative estimate of drug-likeness (QED) is 0.788. The maximum atomic E-state index is 12.5. The molecule has 5 nitrogen and oxygen atoms in total. The summed E-state index contributed by atoms with van der Waals surface area (Å²) in [5, 5.41) is 4.12. The van der Waals surface area contributed by atoms with E-state index in [0.29, 0.717) is 27.4 Å². The van der Waals surface area contributed by atoms with Crippen molar-refractivity contribution in [3.05, 3.63) is 62.9 Å². The molecule has 0 aliphatic heterocycles. The zero-order valence-electron chi connectivity index (χ0n) is 13.2. The van der Waals surface area contributed by atoms with Crippen LogP contribution in [0, 0.1) is 0 Å². The van der Waals surface area contributed by atoms with Gasteiger partial charge in [-0.1, -0.05) is 29.5 Å². The van der Waals surface area contributed by atoms with E-state index in [1.165, 1.54) is 7.11 Å². The van der Waals surface area contributed by atoms with E-state index in [9.17, 15) is 9.59 Å². The first-order valence-electron chi connectivity index (χ1n) is 7.18. The van der Waals surface area contributed by atoms with Gasteiger partial charge in [-0.2, -0.15) is 0 Å². The molecule has 0 saturated carbocycles. The van der Waals surface area contributed by atoms with Crippen LogP contribution in [0.5, 0.6) is 11.5 Å². The molecule has 2 aromatic carbocycles. The van der Waals surface area contributed by atoms with E-state index < -0.39 is 0 Å². The van der Waals surface area contributed by atoms with Gasteiger partial charge in [-0.05, 0) is 29.7 Å². The van der Waals surface area contributed by atoms with E-state index in [4.69, 9.17) is 9.47 Å².